The second-order valence-electron chi connectivity index (χ2n) is 3.91. The van der Waals surface area contributed by atoms with Crippen LogP contribution in [0.4, 0.5) is 17.2 Å². The summed E-state index contributed by atoms with van der Waals surface area (Å²) in [5.74, 6) is 0.814. The zero-order chi connectivity index (χ0) is 11.8. The van der Waals surface area contributed by atoms with E-state index in [1.54, 1.807) is 6.20 Å². The van der Waals surface area contributed by atoms with Crippen molar-refractivity contribution < 1.29 is 0 Å². The van der Waals surface area contributed by atoms with Gasteiger partial charge in [-0.3, -0.25) is 0 Å². The Bertz CT molecular complexity index is 595. The molecule has 0 saturated heterocycles. The molecule has 0 radical (unpaired) electrons. The van der Waals surface area contributed by atoms with Crippen LogP contribution in [0.15, 0.2) is 42.6 Å². The van der Waals surface area contributed by atoms with E-state index in [0.29, 0.717) is 0 Å². The van der Waals surface area contributed by atoms with Gasteiger partial charge in [-0.25, -0.2) is 4.98 Å². The maximum absolute atomic E-state index is 5.49. The van der Waals surface area contributed by atoms with Crippen molar-refractivity contribution in [3.05, 3.63) is 48.2 Å². The van der Waals surface area contributed by atoms with Crippen LogP contribution in [0.25, 0.3) is 0 Å². The first-order chi connectivity index (χ1) is 8.27. The van der Waals surface area contributed by atoms with E-state index in [1.165, 1.54) is 0 Å². The third-order valence-electron chi connectivity index (χ3n) is 2.86. The SMILES string of the molecule is CN1C(=S)c2cccnc2Nc2ccccc21. The largest absolute Gasteiger partial charge is 0.338 e. The van der Waals surface area contributed by atoms with Crippen LogP contribution >= 0.6 is 12.2 Å². The summed E-state index contributed by atoms with van der Waals surface area (Å²) in [4.78, 5) is 7.13. The molecule has 17 heavy (non-hydrogen) atoms. The number of aromatic nitrogens is 1. The summed E-state index contributed by atoms with van der Waals surface area (Å²) in [7, 11) is 1.98. The maximum atomic E-state index is 5.49. The molecule has 4 heteroatoms. The van der Waals surface area contributed by atoms with E-state index in [4.69, 9.17) is 12.2 Å². The number of thiocarbonyl (C=S) groups is 1. The second kappa shape index (κ2) is 3.82. The Morgan fingerprint density at radius 1 is 1.18 bits per heavy atom. The van der Waals surface area contributed by atoms with Crippen molar-refractivity contribution in [2.75, 3.05) is 17.3 Å². The zero-order valence-corrected chi connectivity index (χ0v) is 10.2. The summed E-state index contributed by atoms with van der Waals surface area (Å²) in [5, 5.41) is 3.32. The van der Waals surface area contributed by atoms with Gasteiger partial charge in [-0.05, 0) is 24.3 Å². The highest BCUT2D eigenvalue weighted by molar-refractivity contribution is 7.81. The first-order valence-corrected chi connectivity index (χ1v) is 5.77. The van der Waals surface area contributed by atoms with Gasteiger partial charge in [0.25, 0.3) is 0 Å². The molecule has 0 fully saturated rings. The van der Waals surface area contributed by atoms with Crippen molar-refractivity contribution >= 4 is 34.4 Å². The van der Waals surface area contributed by atoms with Crippen molar-refractivity contribution in [1.82, 2.24) is 4.98 Å². The minimum Gasteiger partial charge on any atom is -0.338 e. The van der Waals surface area contributed by atoms with Crippen LogP contribution < -0.4 is 10.2 Å². The van der Waals surface area contributed by atoms with Crippen LogP contribution in [0.3, 0.4) is 0 Å². The summed E-state index contributed by atoms with van der Waals surface area (Å²) in [6, 6.07) is 12.0. The number of para-hydroxylation sites is 2. The first kappa shape index (κ1) is 10.2. The Balaban J connectivity index is 2.24. The van der Waals surface area contributed by atoms with Gasteiger partial charge in [0.15, 0.2) is 0 Å². The molecular weight excluding hydrogens is 230 g/mol. The van der Waals surface area contributed by atoms with E-state index in [-0.39, 0.29) is 0 Å². The molecule has 3 nitrogen and oxygen atoms in total. The number of anilines is 3. The third kappa shape index (κ3) is 1.57. The second-order valence-corrected chi connectivity index (χ2v) is 4.29. The number of hydrogen-bond acceptors (Lipinski definition) is 3. The fourth-order valence-electron chi connectivity index (χ4n) is 1.97. The van der Waals surface area contributed by atoms with E-state index >= 15 is 0 Å². The molecule has 0 saturated carbocycles. The van der Waals surface area contributed by atoms with Crippen LogP contribution in [0.1, 0.15) is 5.56 Å². The predicted molar refractivity (Wildman–Crippen MR) is 74.1 cm³/mol. The topological polar surface area (TPSA) is 28.2 Å². The van der Waals surface area contributed by atoms with Gasteiger partial charge >= 0.3 is 0 Å². The van der Waals surface area contributed by atoms with Crippen molar-refractivity contribution in [1.29, 1.82) is 0 Å². The third-order valence-corrected chi connectivity index (χ3v) is 3.36. The Morgan fingerprint density at radius 2 is 2.00 bits per heavy atom. The molecule has 0 atom stereocenters. The molecule has 0 spiro atoms. The molecule has 0 aliphatic carbocycles. The van der Waals surface area contributed by atoms with Gasteiger partial charge in [-0.15, -0.1) is 0 Å². The number of fused-ring (bicyclic) bond motifs is 2. The Labute approximate surface area is 105 Å². The van der Waals surface area contributed by atoms with E-state index < -0.39 is 0 Å². The average Bonchev–Trinajstić information content (AvgIpc) is 2.48. The van der Waals surface area contributed by atoms with E-state index in [2.05, 4.69) is 10.3 Å². The van der Waals surface area contributed by atoms with Crippen molar-refractivity contribution in [3.63, 3.8) is 0 Å². The molecule has 3 rings (SSSR count). The maximum Gasteiger partial charge on any atom is 0.140 e. The number of benzene rings is 1. The van der Waals surface area contributed by atoms with Crippen molar-refractivity contribution in [2.24, 2.45) is 0 Å². The van der Waals surface area contributed by atoms with E-state index in [1.807, 2.05) is 48.3 Å². The zero-order valence-electron chi connectivity index (χ0n) is 9.34. The van der Waals surface area contributed by atoms with E-state index in [0.717, 1.165) is 27.7 Å². The Hall–Kier alpha value is -1.94. The molecule has 0 bridgehead atoms. The molecule has 1 aliphatic rings. The lowest BCUT2D eigenvalue weighted by Crippen LogP contribution is -2.24. The standard InChI is InChI=1S/C13H11N3S/c1-16-11-7-3-2-6-10(11)15-12-9(13(16)17)5-4-8-14-12/h2-8H,1H3,(H,14,15). The summed E-state index contributed by atoms with van der Waals surface area (Å²) < 4.78 is 0. The molecular formula is C13H11N3S. The van der Waals surface area contributed by atoms with Crippen LogP contribution in [0, 0.1) is 0 Å². The number of nitrogens with one attached hydrogen (secondary N) is 1. The number of hydrogen-bond donors (Lipinski definition) is 1. The fourth-order valence-corrected chi connectivity index (χ4v) is 2.23. The minimum absolute atomic E-state index is 0.783. The van der Waals surface area contributed by atoms with Crippen molar-refractivity contribution in [3.8, 4) is 0 Å². The highest BCUT2D eigenvalue weighted by atomic mass is 32.1. The lowest BCUT2D eigenvalue weighted by Gasteiger charge is -2.19. The smallest absolute Gasteiger partial charge is 0.140 e. The molecule has 2 aromatic rings. The quantitative estimate of drug-likeness (QED) is 0.718. The molecule has 1 aromatic heterocycles. The summed E-state index contributed by atoms with van der Waals surface area (Å²) >= 11 is 5.49. The molecule has 0 unspecified atom stereocenters. The van der Waals surface area contributed by atoms with Gasteiger partial charge < -0.3 is 10.2 Å². The van der Waals surface area contributed by atoms with Crippen LogP contribution in [0.2, 0.25) is 0 Å². The van der Waals surface area contributed by atoms with Gasteiger partial charge in [0, 0.05) is 13.2 Å². The summed E-state index contributed by atoms with van der Waals surface area (Å²) in [6.45, 7) is 0. The summed E-state index contributed by atoms with van der Waals surface area (Å²) in [5.41, 5.74) is 3.05. The normalized spacial score (nSPS) is 13.5. The van der Waals surface area contributed by atoms with Crippen LogP contribution in [0.5, 0.6) is 0 Å². The van der Waals surface area contributed by atoms with Gasteiger partial charge in [0.2, 0.25) is 0 Å². The number of nitrogens with zero attached hydrogens (tertiary/aromatic N) is 2. The van der Waals surface area contributed by atoms with Crippen molar-refractivity contribution in [2.45, 2.75) is 0 Å². The molecule has 2 heterocycles. The first-order valence-electron chi connectivity index (χ1n) is 5.36. The lowest BCUT2D eigenvalue weighted by atomic mass is 10.2. The Kier molecular flexibility index (Phi) is 2.30. The minimum atomic E-state index is 0.783. The molecule has 1 aliphatic heterocycles. The Morgan fingerprint density at radius 3 is 2.88 bits per heavy atom. The fraction of sp³-hybridized carbons (Fsp3) is 0.0769. The number of pyridine rings is 1. The molecule has 1 N–H and O–H groups in total. The molecule has 0 amide bonds. The van der Waals surface area contributed by atoms with Gasteiger partial charge in [-0.2, -0.15) is 0 Å². The van der Waals surface area contributed by atoms with Crippen LogP contribution in [-0.4, -0.2) is 17.0 Å². The average molecular weight is 241 g/mol. The highest BCUT2D eigenvalue weighted by Gasteiger charge is 2.20. The van der Waals surface area contributed by atoms with Gasteiger partial charge in [-0.1, -0.05) is 24.4 Å². The van der Waals surface area contributed by atoms with E-state index in [9.17, 15) is 0 Å². The lowest BCUT2D eigenvalue weighted by molar-refractivity contribution is 1.29. The molecule has 1 aromatic carbocycles. The van der Waals surface area contributed by atoms with Crippen LogP contribution in [-0.2, 0) is 0 Å². The van der Waals surface area contributed by atoms with Gasteiger partial charge in [0.1, 0.15) is 10.8 Å². The monoisotopic (exact) mass is 241 g/mol. The molecule has 84 valence electrons. The number of rotatable bonds is 0. The summed E-state index contributed by atoms with van der Waals surface area (Å²) in [6.07, 6.45) is 1.77. The predicted octanol–water partition coefficient (Wildman–Crippen LogP) is 2.95. The highest BCUT2D eigenvalue weighted by Crippen LogP contribution is 2.33. The van der Waals surface area contributed by atoms with Gasteiger partial charge in [0.05, 0.1) is 16.9 Å².